The molecule has 2 heterocycles. The Morgan fingerprint density at radius 3 is 3.09 bits per heavy atom. The minimum atomic E-state index is 0. The molecule has 0 aliphatic carbocycles. The molecule has 5 nitrogen and oxygen atoms in total. The molecule has 0 saturated carbocycles. The van der Waals surface area contributed by atoms with Crippen molar-refractivity contribution in [2.45, 2.75) is 25.3 Å². The fourth-order valence-corrected chi connectivity index (χ4v) is 2.73. The van der Waals surface area contributed by atoms with Gasteiger partial charge in [-0.05, 0) is 31.5 Å². The molecule has 0 bridgehead atoms. The fraction of sp³-hybridized carbons (Fsp3) is 0.438. The van der Waals surface area contributed by atoms with Gasteiger partial charge in [0.2, 0.25) is 5.91 Å². The van der Waals surface area contributed by atoms with Gasteiger partial charge in [-0.2, -0.15) is 0 Å². The summed E-state index contributed by atoms with van der Waals surface area (Å²) in [6, 6.07) is 6.05. The van der Waals surface area contributed by atoms with Gasteiger partial charge in [0.25, 0.3) is 0 Å². The lowest BCUT2D eigenvalue weighted by atomic mass is 10.1. The lowest BCUT2D eigenvalue weighted by Gasteiger charge is -2.11. The molecule has 0 radical (unpaired) electrons. The van der Waals surface area contributed by atoms with Crippen molar-refractivity contribution in [2.75, 3.05) is 20.2 Å². The number of fused-ring (bicyclic) bond motifs is 1. The van der Waals surface area contributed by atoms with E-state index in [0.29, 0.717) is 19.0 Å². The predicted octanol–water partition coefficient (Wildman–Crippen LogP) is 2.27. The molecule has 1 saturated heterocycles. The number of methoxy groups -OCH3 is 1. The third-order valence-corrected chi connectivity index (χ3v) is 3.92. The number of nitrogens with one attached hydrogen (secondary N) is 2. The molecule has 2 aromatic rings. The highest BCUT2D eigenvalue weighted by molar-refractivity contribution is 5.88. The van der Waals surface area contributed by atoms with Crippen LogP contribution in [0.25, 0.3) is 11.0 Å². The molecule has 1 aliphatic heterocycles. The topological polar surface area (TPSA) is 63.5 Å². The summed E-state index contributed by atoms with van der Waals surface area (Å²) in [6.45, 7) is 1.75. The molecule has 2 N–H and O–H groups in total. The first-order valence-electron chi connectivity index (χ1n) is 7.30. The maximum atomic E-state index is 12.0. The van der Waals surface area contributed by atoms with Crippen LogP contribution in [0.2, 0.25) is 0 Å². The summed E-state index contributed by atoms with van der Waals surface area (Å²) in [7, 11) is 1.62. The average molecular weight is 325 g/mol. The van der Waals surface area contributed by atoms with E-state index in [-0.39, 0.29) is 18.3 Å². The highest BCUT2D eigenvalue weighted by Gasteiger charge is 2.16. The van der Waals surface area contributed by atoms with Crippen LogP contribution in [-0.4, -0.2) is 32.1 Å². The molecule has 1 fully saturated rings. The molecule has 0 spiro atoms. The number of amides is 1. The van der Waals surface area contributed by atoms with Crippen molar-refractivity contribution in [3.63, 3.8) is 0 Å². The Labute approximate surface area is 135 Å². The average Bonchev–Trinajstić information content (AvgIpc) is 3.14. The third-order valence-electron chi connectivity index (χ3n) is 3.92. The minimum Gasteiger partial charge on any atom is -0.497 e. The number of hydrogen-bond donors (Lipinski definition) is 2. The van der Waals surface area contributed by atoms with Crippen molar-refractivity contribution >= 4 is 29.3 Å². The Kier molecular flexibility index (Phi) is 5.69. The first-order chi connectivity index (χ1) is 10.3. The van der Waals surface area contributed by atoms with Crippen LogP contribution in [-0.2, 0) is 11.2 Å². The standard InChI is InChI=1S/C16H20N2O3.ClH/c1-20-13-4-5-14-11(10-21-15(14)8-13)7-16(19)18-9-12-3-2-6-17-12;/h4-5,8,10,12,17H,2-3,6-7,9H2,1H3,(H,18,19);1H. The smallest absolute Gasteiger partial charge is 0.224 e. The van der Waals surface area contributed by atoms with Gasteiger partial charge in [0.05, 0.1) is 19.8 Å². The molecule has 6 heteroatoms. The van der Waals surface area contributed by atoms with Gasteiger partial charge in [-0.1, -0.05) is 0 Å². The van der Waals surface area contributed by atoms with Gasteiger partial charge in [-0.15, -0.1) is 12.4 Å². The van der Waals surface area contributed by atoms with E-state index in [9.17, 15) is 4.79 Å². The highest BCUT2D eigenvalue weighted by Crippen LogP contribution is 2.25. The van der Waals surface area contributed by atoms with Gasteiger partial charge in [0, 0.05) is 29.6 Å². The Morgan fingerprint density at radius 1 is 1.50 bits per heavy atom. The molecule has 1 aromatic heterocycles. The molecular weight excluding hydrogens is 304 g/mol. The van der Waals surface area contributed by atoms with Crippen LogP contribution < -0.4 is 15.4 Å². The summed E-state index contributed by atoms with van der Waals surface area (Å²) in [5.41, 5.74) is 1.65. The number of benzene rings is 1. The maximum Gasteiger partial charge on any atom is 0.224 e. The van der Waals surface area contributed by atoms with Gasteiger partial charge in [-0.25, -0.2) is 0 Å². The van der Waals surface area contributed by atoms with Crippen molar-refractivity contribution in [3.8, 4) is 5.75 Å². The Balaban J connectivity index is 0.00000176. The quantitative estimate of drug-likeness (QED) is 0.885. The molecule has 1 aliphatic rings. The molecule has 3 rings (SSSR count). The SMILES string of the molecule is COc1ccc2c(CC(=O)NCC3CCCN3)coc2c1.Cl. The second kappa shape index (κ2) is 7.51. The highest BCUT2D eigenvalue weighted by atomic mass is 35.5. The first-order valence-corrected chi connectivity index (χ1v) is 7.30. The predicted molar refractivity (Wildman–Crippen MR) is 87.8 cm³/mol. The number of ether oxygens (including phenoxy) is 1. The molecule has 120 valence electrons. The summed E-state index contributed by atoms with van der Waals surface area (Å²) in [5.74, 6) is 0.780. The van der Waals surface area contributed by atoms with Crippen LogP contribution in [0.3, 0.4) is 0 Å². The summed E-state index contributed by atoms with van der Waals surface area (Å²) in [4.78, 5) is 12.0. The van der Waals surface area contributed by atoms with E-state index in [2.05, 4.69) is 10.6 Å². The third kappa shape index (κ3) is 3.72. The Morgan fingerprint density at radius 2 is 2.36 bits per heavy atom. The molecule has 1 aromatic carbocycles. The number of hydrogen-bond acceptors (Lipinski definition) is 4. The van der Waals surface area contributed by atoms with Crippen LogP contribution in [0.15, 0.2) is 28.9 Å². The van der Waals surface area contributed by atoms with Crippen molar-refractivity contribution in [3.05, 3.63) is 30.0 Å². The van der Waals surface area contributed by atoms with Crippen LogP contribution in [0.5, 0.6) is 5.75 Å². The zero-order valence-electron chi connectivity index (χ0n) is 12.6. The van der Waals surface area contributed by atoms with Gasteiger partial charge in [-0.3, -0.25) is 4.79 Å². The Bertz CT molecular complexity index is 635. The monoisotopic (exact) mass is 324 g/mol. The molecule has 1 amide bonds. The summed E-state index contributed by atoms with van der Waals surface area (Å²) < 4.78 is 10.7. The number of carbonyl (C=O) groups is 1. The molecule has 22 heavy (non-hydrogen) atoms. The second-order valence-corrected chi connectivity index (χ2v) is 5.40. The van der Waals surface area contributed by atoms with Gasteiger partial charge >= 0.3 is 0 Å². The maximum absolute atomic E-state index is 12.0. The van der Waals surface area contributed by atoms with E-state index >= 15 is 0 Å². The molecular formula is C16H21ClN2O3. The summed E-state index contributed by atoms with van der Waals surface area (Å²) in [6.07, 6.45) is 4.31. The number of halogens is 1. The first kappa shape index (κ1) is 16.6. The second-order valence-electron chi connectivity index (χ2n) is 5.40. The zero-order valence-corrected chi connectivity index (χ0v) is 13.4. The van der Waals surface area contributed by atoms with Crippen LogP contribution in [0, 0.1) is 0 Å². The van der Waals surface area contributed by atoms with Crippen LogP contribution in [0.1, 0.15) is 18.4 Å². The van der Waals surface area contributed by atoms with E-state index in [4.69, 9.17) is 9.15 Å². The van der Waals surface area contributed by atoms with Crippen LogP contribution in [0.4, 0.5) is 0 Å². The van der Waals surface area contributed by atoms with E-state index in [1.165, 1.54) is 6.42 Å². The van der Waals surface area contributed by atoms with E-state index in [1.807, 2.05) is 18.2 Å². The minimum absolute atomic E-state index is 0. The summed E-state index contributed by atoms with van der Waals surface area (Å²) >= 11 is 0. The lowest BCUT2D eigenvalue weighted by molar-refractivity contribution is -0.120. The number of carbonyl (C=O) groups excluding carboxylic acids is 1. The normalized spacial score (nSPS) is 17.2. The largest absolute Gasteiger partial charge is 0.497 e. The summed E-state index contributed by atoms with van der Waals surface area (Å²) in [5, 5.41) is 7.31. The van der Waals surface area contributed by atoms with Gasteiger partial charge < -0.3 is 19.8 Å². The lowest BCUT2D eigenvalue weighted by Crippen LogP contribution is -2.37. The Hall–Kier alpha value is -1.72. The number of furan rings is 1. The van der Waals surface area contributed by atoms with Gasteiger partial charge in [0.1, 0.15) is 11.3 Å². The van der Waals surface area contributed by atoms with Crippen molar-refractivity contribution in [2.24, 2.45) is 0 Å². The molecule has 1 atom stereocenters. The molecule has 1 unspecified atom stereocenters. The van der Waals surface area contributed by atoms with Crippen molar-refractivity contribution < 1.29 is 13.9 Å². The van der Waals surface area contributed by atoms with Gasteiger partial charge in [0.15, 0.2) is 0 Å². The zero-order chi connectivity index (χ0) is 14.7. The van der Waals surface area contributed by atoms with Crippen molar-refractivity contribution in [1.29, 1.82) is 0 Å². The fourth-order valence-electron chi connectivity index (χ4n) is 2.73. The van der Waals surface area contributed by atoms with E-state index < -0.39 is 0 Å². The van der Waals surface area contributed by atoms with E-state index in [1.54, 1.807) is 13.4 Å². The number of rotatable bonds is 5. The van der Waals surface area contributed by atoms with Crippen molar-refractivity contribution in [1.82, 2.24) is 10.6 Å². The van der Waals surface area contributed by atoms with Crippen LogP contribution >= 0.6 is 12.4 Å². The van der Waals surface area contributed by atoms with E-state index in [0.717, 1.165) is 35.2 Å².